The molecule has 166 valence electrons. The van der Waals surface area contributed by atoms with E-state index in [4.69, 9.17) is 16.7 Å². The number of thiophene rings is 1. The fourth-order valence-corrected chi connectivity index (χ4v) is 5.70. The lowest BCUT2D eigenvalue weighted by Gasteiger charge is -2.12. The van der Waals surface area contributed by atoms with Gasteiger partial charge in [0.2, 0.25) is 0 Å². The minimum Gasteiger partial charge on any atom is -0.340 e. The van der Waals surface area contributed by atoms with E-state index >= 15 is 0 Å². The van der Waals surface area contributed by atoms with E-state index < -0.39 is 5.82 Å². The normalized spacial score (nSPS) is 12.7. The Labute approximate surface area is 197 Å². The van der Waals surface area contributed by atoms with Crippen molar-refractivity contribution in [3.05, 3.63) is 71.0 Å². The van der Waals surface area contributed by atoms with Crippen LogP contribution in [0.2, 0.25) is 5.02 Å². The van der Waals surface area contributed by atoms with Gasteiger partial charge in [-0.15, -0.1) is 11.3 Å². The minimum atomic E-state index is -0.448. The molecule has 1 aliphatic rings. The van der Waals surface area contributed by atoms with Crippen molar-refractivity contribution in [3.63, 3.8) is 0 Å². The number of fused-ring (bicyclic) bond motifs is 5. The third-order valence-electron chi connectivity index (χ3n) is 5.96. The van der Waals surface area contributed by atoms with Crippen LogP contribution in [-0.2, 0) is 25.9 Å². The van der Waals surface area contributed by atoms with Crippen LogP contribution in [0, 0.1) is 12.7 Å². The Morgan fingerprint density at radius 3 is 2.91 bits per heavy atom. The van der Waals surface area contributed by atoms with Crippen molar-refractivity contribution >= 4 is 44.7 Å². The Morgan fingerprint density at radius 2 is 2.09 bits per heavy atom. The summed E-state index contributed by atoms with van der Waals surface area (Å²) in [5.41, 5.74) is 4.19. The molecule has 5 aromatic rings. The smallest absolute Gasteiger partial charge is 0.142 e. The van der Waals surface area contributed by atoms with Crippen LogP contribution in [0.15, 0.2) is 43.1 Å². The van der Waals surface area contributed by atoms with Crippen LogP contribution in [0.1, 0.15) is 17.1 Å². The second kappa shape index (κ2) is 7.93. The Bertz CT molecular complexity index is 1500. The van der Waals surface area contributed by atoms with Crippen molar-refractivity contribution in [2.24, 2.45) is 0 Å². The molecule has 0 bridgehead atoms. The first kappa shape index (κ1) is 20.3. The van der Waals surface area contributed by atoms with Gasteiger partial charge in [0.25, 0.3) is 0 Å². The van der Waals surface area contributed by atoms with Gasteiger partial charge in [0.1, 0.15) is 28.6 Å². The molecule has 4 aromatic heterocycles. The molecule has 0 saturated carbocycles. The summed E-state index contributed by atoms with van der Waals surface area (Å²) in [4.78, 5) is 15.4. The molecule has 0 unspecified atom stereocenters. The molecule has 10 heteroatoms. The third-order valence-corrected chi connectivity index (χ3v) is 7.42. The fraction of sp³-hybridized carbons (Fsp3) is 0.217. The van der Waals surface area contributed by atoms with Gasteiger partial charge >= 0.3 is 0 Å². The van der Waals surface area contributed by atoms with Crippen LogP contribution in [0.5, 0.6) is 0 Å². The summed E-state index contributed by atoms with van der Waals surface area (Å²) in [6, 6.07) is 4.56. The Morgan fingerprint density at radius 1 is 1.18 bits per heavy atom. The Balaban J connectivity index is 1.35. The molecule has 1 aromatic carbocycles. The zero-order valence-corrected chi connectivity index (χ0v) is 19.3. The van der Waals surface area contributed by atoms with Gasteiger partial charge in [0, 0.05) is 41.3 Å². The second-order valence-corrected chi connectivity index (χ2v) is 9.39. The number of hydrogen-bond acceptors (Lipinski definition) is 6. The van der Waals surface area contributed by atoms with Crippen molar-refractivity contribution in [1.29, 1.82) is 0 Å². The molecule has 0 amide bonds. The first-order chi connectivity index (χ1) is 16.1. The van der Waals surface area contributed by atoms with Gasteiger partial charge in [0.15, 0.2) is 0 Å². The van der Waals surface area contributed by atoms with Crippen LogP contribution in [0.4, 0.5) is 15.9 Å². The van der Waals surface area contributed by atoms with Crippen LogP contribution >= 0.6 is 22.9 Å². The Kier molecular flexibility index (Phi) is 4.88. The molecule has 1 N–H and O–H groups in total. The van der Waals surface area contributed by atoms with Gasteiger partial charge < -0.3 is 9.88 Å². The summed E-state index contributed by atoms with van der Waals surface area (Å²) in [5, 5.41) is 9.22. The number of nitrogens with one attached hydrogen (secondary N) is 1. The fourth-order valence-electron chi connectivity index (χ4n) is 4.30. The van der Waals surface area contributed by atoms with Crippen molar-refractivity contribution in [2.45, 2.75) is 32.9 Å². The first-order valence-corrected chi connectivity index (χ1v) is 11.8. The molecule has 4 heterocycles. The lowest BCUT2D eigenvalue weighted by atomic mass is 9.95. The van der Waals surface area contributed by atoms with Gasteiger partial charge in [-0.2, -0.15) is 5.10 Å². The van der Waals surface area contributed by atoms with Crippen LogP contribution in [0.25, 0.3) is 20.7 Å². The number of benzene rings is 1. The molecular weight excluding hydrogens is 461 g/mol. The van der Waals surface area contributed by atoms with Crippen molar-refractivity contribution in [2.75, 3.05) is 5.32 Å². The van der Waals surface area contributed by atoms with Gasteiger partial charge in [0.05, 0.1) is 22.6 Å². The summed E-state index contributed by atoms with van der Waals surface area (Å²) >= 11 is 7.62. The van der Waals surface area contributed by atoms with E-state index in [0.717, 1.165) is 53.2 Å². The molecule has 0 saturated heterocycles. The summed E-state index contributed by atoms with van der Waals surface area (Å²) in [6.07, 6.45) is 9.22. The average Bonchev–Trinajstić information content (AvgIpc) is 3.51. The molecule has 7 nitrogen and oxygen atoms in total. The standard InChI is InChI=1S/C23H19ClFN7S/c1-13-26-6-7-31(13)8-9-32-11-16-19(30-32)5-3-15-20-22(27-12-28-23(20)33-21(15)16)29-14-2-4-18(25)17(24)10-14/h2,4,6-7,10-12H,3,5,8-9H2,1H3,(H,27,28,29). The summed E-state index contributed by atoms with van der Waals surface area (Å²) in [5.74, 6) is 1.25. The van der Waals surface area contributed by atoms with E-state index in [1.54, 1.807) is 29.8 Å². The average molecular weight is 480 g/mol. The van der Waals surface area contributed by atoms with Gasteiger partial charge in [-0.25, -0.2) is 19.3 Å². The summed E-state index contributed by atoms with van der Waals surface area (Å²) < 4.78 is 17.7. The maximum Gasteiger partial charge on any atom is 0.142 e. The highest BCUT2D eigenvalue weighted by atomic mass is 35.5. The van der Waals surface area contributed by atoms with E-state index in [1.165, 1.54) is 16.5 Å². The largest absolute Gasteiger partial charge is 0.340 e. The van der Waals surface area contributed by atoms with E-state index in [2.05, 4.69) is 31.0 Å². The molecule has 0 aliphatic heterocycles. The quantitative estimate of drug-likeness (QED) is 0.365. The highest BCUT2D eigenvalue weighted by Gasteiger charge is 2.26. The van der Waals surface area contributed by atoms with E-state index in [0.29, 0.717) is 11.5 Å². The molecule has 33 heavy (non-hydrogen) atoms. The highest BCUT2D eigenvalue weighted by Crippen LogP contribution is 2.45. The first-order valence-electron chi connectivity index (χ1n) is 10.6. The van der Waals surface area contributed by atoms with Crippen molar-refractivity contribution in [1.82, 2.24) is 29.3 Å². The maximum absolute atomic E-state index is 13.6. The van der Waals surface area contributed by atoms with Crippen LogP contribution in [0.3, 0.4) is 0 Å². The van der Waals surface area contributed by atoms with E-state index in [-0.39, 0.29) is 5.02 Å². The molecule has 6 rings (SSSR count). The molecule has 0 atom stereocenters. The molecule has 0 spiro atoms. The number of aromatic nitrogens is 6. The Hall–Kier alpha value is -3.30. The second-order valence-electron chi connectivity index (χ2n) is 7.99. The number of anilines is 2. The van der Waals surface area contributed by atoms with Gasteiger partial charge in [-0.3, -0.25) is 4.68 Å². The van der Waals surface area contributed by atoms with Crippen molar-refractivity contribution in [3.8, 4) is 10.4 Å². The number of rotatable bonds is 5. The number of hydrogen-bond donors (Lipinski definition) is 1. The number of halogens is 2. The van der Waals surface area contributed by atoms with E-state index in [9.17, 15) is 4.39 Å². The molecular formula is C23H19ClFN7S. The zero-order chi connectivity index (χ0) is 22.5. The molecule has 1 aliphatic carbocycles. The SMILES string of the molecule is Cc1nccn1CCn1cc2c(n1)CCc1c-2sc2ncnc(Nc3ccc(F)c(Cl)c3)c12. The maximum atomic E-state index is 13.6. The topological polar surface area (TPSA) is 73.5 Å². The highest BCUT2D eigenvalue weighted by molar-refractivity contribution is 7.22. The number of nitrogens with zero attached hydrogens (tertiary/aromatic N) is 6. The number of imidazole rings is 1. The predicted octanol–water partition coefficient (Wildman–Crippen LogP) is 5.39. The monoisotopic (exact) mass is 479 g/mol. The third kappa shape index (κ3) is 3.57. The van der Waals surface area contributed by atoms with Crippen LogP contribution < -0.4 is 5.32 Å². The van der Waals surface area contributed by atoms with Crippen molar-refractivity contribution < 1.29 is 4.39 Å². The predicted molar refractivity (Wildman–Crippen MR) is 128 cm³/mol. The lowest BCUT2D eigenvalue weighted by Crippen LogP contribution is -2.09. The van der Waals surface area contributed by atoms with Gasteiger partial charge in [-0.05, 0) is 43.5 Å². The zero-order valence-electron chi connectivity index (χ0n) is 17.7. The summed E-state index contributed by atoms with van der Waals surface area (Å²) in [7, 11) is 0. The minimum absolute atomic E-state index is 0.0700. The molecule has 0 radical (unpaired) electrons. The summed E-state index contributed by atoms with van der Waals surface area (Å²) in [6.45, 7) is 3.61. The van der Waals surface area contributed by atoms with E-state index in [1.807, 2.05) is 24.0 Å². The van der Waals surface area contributed by atoms with Gasteiger partial charge in [-0.1, -0.05) is 11.6 Å². The molecule has 0 fully saturated rings. The number of aryl methyl sites for hydroxylation is 5. The lowest BCUT2D eigenvalue weighted by molar-refractivity contribution is 0.522. The van der Waals surface area contributed by atoms with Crippen LogP contribution in [-0.4, -0.2) is 29.3 Å².